The maximum Gasteiger partial charge on any atom is 0.338 e. The number of aromatic nitrogens is 3. The molecule has 0 saturated carbocycles. The fraction of sp³-hybridized carbons (Fsp3) is 0.292. The minimum Gasteiger partial charge on any atom is -0.463 e. The molecule has 4 rings (SSSR count). The Bertz CT molecular complexity index is 1190. The Morgan fingerprint density at radius 1 is 1.19 bits per heavy atom. The summed E-state index contributed by atoms with van der Waals surface area (Å²) in [5.41, 5.74) is 5.48. The van der Waals surface area contributed by atoms with E-state index in [9.17, 15) is 9.18 Å². The second kappa shape index (κ2) is 9.16. The normalized spacial score (nSPS) is 15.3. The number of carbonyl (C=O) groups excluding carboxylic acids is 1. The van der Waals surface area contributed by atoms with E-state index in [4.69, 9.17) is 9.84 Å². The lowest BCUT2D eigenvalue weighted by atomic mass is 9.96. The largest absolute Gasteiger partial charge is 0.463 e. The molecule has 0 fully saturated rings. The molecular formula is C24H25FN4O2S. The summed E-state index contributed by atoms with van der Waals surface area (Å²) in [6.07, 6.45) is 0. The molecule has 1 aliphatic rings. The minimum absolute atomic E-state index is 0.257. The van der Waals surface area contributed by atoms with Crippen molar-refractivity contribution in [3.8, 4) is 0 Å². The third-order valence-corrected chi connectivity index (χ3v) is 6.26. The summed E-state index contributed by atoms with van der Waals surface area (Å²) in [6, 6.07) is 11.9. The first-order valence-corrected chi connectivity index (χ1v) is 11.4. The zero-order chi connectivity index (χ0) is 22.8. The predicted molar refractivity (Wildman–Crippen MR) is 123 cm³/mol. The van der Waals surface area contributed by atoms with Crippen LogP contribution in [0.4, 0.5) is 10.3 Å². The van der Waals surface area contributed by atoms with Gasteiger partial charge in [0.05, 0.1) is 12.2 Å². The van der Waals surface area contributed by atoms with Crippen molar-refractivity contribution >= 4 is 23.7 Å². The van der Waals surface area contributed by atoms with Crippen LogP contribution in [0.2, 0.25) is 0 Å². The highest BCUT2D eigenvalue weighted by Gasteiger charge is 2.35. The third kappa shape index (κ3) is 4.41. The van der Waals surface area contributed by atoms with Crippen LogP contribution in [0.25, 0.3) is 0 Å². The van der Waals surface area contributed by atoms with Gasteiger partial charge in [0.25, 0.3) is 0 Å². The van der Waals surface area contributed by atoms with Gasteiger partial charge in [-0.1, -0.05) is 47.7 Å². The lowest BCUT2D eigenvalue weighted by Crippen LogP contribution is -2.29. The number of halogens is 1. The molecule has 1 aliphatic heterocycles. The maximum absolute atomic E-state index is 13.6. The molecule has 6 nitrogen and oxygen atoms in total. The number of fused-ring (bicyclic) bond motifs is 1. The Hall–Kier alpha value is -3.13. The third-order valence-electron chi connectivity index (χ3n) is 5.37. The van der Waals surface area contributed by atoms with E-state index in [2.05, 4.69) is 42.3 Å². The number of thioether (sulfide) groups is 1. The number of esters is 1. The van der Waals surface area contributed by atoms with E-state index in [1.54, 1.807) is 23.7 Å². The molecule has 0 aliphatic carbocycles. The predicted octanol–water partition coefficient (Wildman–Crippen LogP) is 5.18. The van der Waals surface area contributed by atoms with E-state index in [0.717, 1.165) is 11.3 Å². The molecule has 166 valence electrons. The van der Waals surface area contributed by atoms with Gasteiger partial charge in [0.15, 0.2) is 0 Å². The number of anilines is 1. The van der Waals surface area contributed by atoms with E-state index in [1.807, 2.05) is 6.92 Å². The Morgan fingerprint density at radius 2 is 1.94 bits per heavy atom. The number of nitrogens with one attached hydrogen (secondary N) is 1. The van der Waals surface area contributed by atoms with Crippen LogP contribution in [0.5, 0.6) is 0 Å². The van der Waals surface area contributed by atoms with Gasteiger partial charge in [0.1, 0.15) is 11.9 Å². The molecule has 32 heavy (non-hydrogen) atoms. The highest BCUT2D eigenvalue weighted by atomic mass is 32.2. The Labute approximate surface area is 190 Å². The molecule has 1 atom stereocenters. The van der Waals surface area contributed by atoms with Gasteiger partial charge in [-0.05, 0) is 56.5 Å². The van der Waals surface area contributed by atoms with Crippen molar-refractivity contribution in [1.29, 1.82) is 0 Å². The first-order chi connectivity index (χ1) is 15.4. The van der Waals surface area contributed by atoms with Gasteiger partial charge in [0.2, 0.25) is 11.1 Å². The SMILES string of the molecule is CCOC(=O)C1=C(C)Nc2nc(SCc3ccc(C)cc3C)nn2[C@H]1c1ccc(F)cc1. The van der Waals surface area contributed by atoms with Crippen molar-refractivity contribution in [3.63, 3.8) is 0 Å². The van der Waals surface area contributed by atoms with Gasteiger partial charge in [-0.15, -0.1) is 5.10 Å². The zero-order valence-corrected chi connectivity index (χ0v) is 19.3. The van der Waals surface area contributed by atoms with Crippen LogP contribution in [0, 0.1) is 19.7 Å². The van der Waals surface area contributed by atoms with Gasteiger partial charge in [-0.2, -0.15) is 4.98 Å². The van der Waals surface area contributed by atoms with Crippen molar-refractivity contribution in [3.05, 3.63) is 81.8 Å². The number of carbonyl (C=O) groups is 1. The second-order valence-corrected chi connectivity index (χ2v) is 8.66. The average Bonchev–Trinajstić information content (AvgIpc) is 3.15. The summed E-state index contributed by atoms with van der Waals surface area (Å²) in [5, 5.41) is 8.46. The van der Waals surface area contributed by atoms with Crippen LogP contribution in [-0.4, -0.2) is 27.3 Å². The molecular weight excluding hydrogens is 427 g/mol. The van der Waals surface area contributed by atoms with E-state index in [1.165, 1.54) is 40.6 Å². The smallest absolute Gasteiger partial charge is 0.338 e. The van der Waals surface area contributed by atoms with Gasteiger partial charge in [-0.25, -0.2) is 13.9 Å². The summed E-state index contributed by atoms with van der Waals surface area (Å²) in [7, 11) is 0. The molecule has 0 radical (unpaired) electrons. The monoisotopic (exact) mass is 452 g/mol. The molecule has 2 aromatic carbocycles. The number of benzene rings is 2. The number of ether oxygens (including phenoxy) is 1. The molecule has 1 N–H and O–H groups in total. The van der Waals surface area contributed by atoms with E-state index >= 15 is 0 Å². The molecule has 8 heteroatoms. The average molecular weight is 453 g/mol. The summed E-state index contributed by atoms with van der Waals surface area (Å²) in [5.74, 6) is 0.489. The number of allylic oxidation sites excluding steroid dienone is 1. The number of nitrogens with zero attached hydrogens (tertiary/aromatic N) is 3. The number of aryl methyl sites for hydroxylation is 2. The molecule has 0 spiro atoms. The van der Waals surface area contributed by atoms with Crippen LogP contribution in [0.15, 0.2) is 58.9 Å². The van der Waals surface area contributed by atoms with Crippen LogP contribution >= 0.6 is 11.8 Å². The number of rotatable bonds is 6. The van der Waals surface area contributed by atoms with Gasteiger partial charge in [-0.3, -0.25) is 0 Å². The summed E-state index contributed by atoms with van der Waals surface area (Å²) >= 11 is 1.53. The van der Waals surface area contributed by atoms with Crippen LogP contribution in [0.3, 0.4) is 0 Å². The molecule has 1 aromatic heterocycles. The van der Waals surface area contributed by atoms with Crippen molar-refractivity contribution < 1.29 is 13.9 Å². The zero-order valence-electron chi connectivity index (χ0n) is 18.5. The van der Waals surface area contributed by atoms with Crippen molar-refractivity contribution in [2.24, 2.45) is 0 Å². The van der Waals surface area contributed by atoms with Crippen LogP contribution in [0.1, 0.15) is 42.1 Å². The molecule has 3 aromatic rings. The second-order valence-electron chi connectivity index (χ2n) is 7.72. The first-order valence-electron chi connectivity index (χ1n) is 10.4. The first kappa shape index (κ1) is 22.1. The quantitative estimate of drug-likeness (QED) is 0.411. The fourth-order valence-electron chi connectivity index (χ4n) is 3.77. The summed E-state index contributed by atoms with van der Waals surface area (Å²) < 4.78 is 20.5. The molecule has 0 saturated heterocycles. The van der Waals surface area contributed by atoms with Crippen molar-refractivity contribution in [1.82, 2.24) is 14.8 Å². The van der Waals surface area contributed by atoms with E-state index in [0.29, 0.717) is 22.4 Å². The van der Waals surface area contributed by atoms with Gasteiger partial charge < -0.3 is 10.1 Å². The van der Waals surface area contributed by atoms with E-state index in [-0.39, 0.29) is 12.4 Å². The van der Waals surface area contributed by atoms with Gasteiger partial charge >= 0.3 is 5.97 Å². The molecule has 0 unspecified atom stereocenters. The molecule has 0 amide bonds. The Balaban J connectivity index is 1.68. The standard InChI is InChI=1S/C24H25FN4O2S/c1-5-31-22(30)20-16(4)26-23-27-24(32-13-18-7-6-14(2)12-15(18)3)28-29(23)21(20)17-8-10-19(25)11-9-17/h6-12,21H,5,13H2,1-4H3,(H,26,27,28)/t21-/m0/s1. The Morgan fingerprint density at radius 3 is 2.62 bits per heavy atom. The lowest BCUT2D eigenvalue weighted by molar-refractivity contribution is -0.139. The highest BCUT2D eigenvalue weighted by molar-refractivity contribution is 7.98. The number of hydrogen-bond donors (Lipinski definition) is 1. The van der Waals surface area contributed by atoms with Gasteiger partial charge in [0, 0.05) is 11.4 Å². The van der Waals surface area contributed by atoms with E-state index < -0.39 is 12.0 Å². The number of hydrogen-bond acceptors (Lipinski definition) is 6. The fourth-order valence-corrected chi connectivity index (χ4v) is 4.67. The van der Waals surface area contributed by atoms with Crippen LogP contribution in [-0.2, 0) is 15.3 Å². The topological polar surface area (TPSA) is 69.0 Å². The van der Waals surface area contributed by atoms with Crippen LogP contribution < -0.4 is 5.32 Å². The summed E-state index contributed by atoms with van der Waals surface area (Å²) in [4.78, 5) is 17.4. The maximum atomic E-state index is 13.6. The summed E-state index contributed by atoms with van der Waals surface area (Å²) in [6.45, 7) is 8.00. The molecule has 2 heterocycles. The van der Waals surface area contributed by atoms with Crippen molar-refractivity contribution in [2.75, 3.05) is 11.9 Å². The minimum atomic E-state index is -0.561. The Kier molecular flexibility index (Phi) is 6.32. The molecule has 0 bridgehead atoms. The van der Waals surface area contributed by atoms with Crippen molar-refractivity contribution in [2.45, 2.75) is 44.6 Å². The lowest BCUT2D eigenvalue weighted by Gasteiger charge is -2.28. The highest BCUT2D eigenvalue weighted by Crippen LogP contribution is 2.37.